The number of hydrogen-bond donors (Lipinski definition) is 1. The normalized spacial score (nSPS) is 12.9. The van der Waals surface area contributed by atoms with E-state index in [1.165, 1.54) is 13.3 Å². The minimum Gasteiger partial charge on any atom is -0.468 e. The maximum Gasteiger partial charge on any atom is 0.346 e. The van der Waals surface area contributed by atoms with Crippen LogP contribution < -0.4 is 5.32 Å². The van der Waals surface area contributed by atoms with Crippen LogP contribution in [0.3, 0.4) is 0 Å². The van der Waals surface area contributed by atoms with Gasteiger partial charge in [0.05, 0.1) is 13.7 Å². The van der Waals surface area contributed by atoms with Crippen molar-refractivity contribution in [2.24, 2.45) is 0 Å². The molecule has 7 heteroatoms. The number of methoxy groups -OCH3 is 1. The molecule has 5 nitrogen and oxygen atoms in total. The highest BCUT2D eigenvalue weighted by Gasteiger charge is 2.14. The average Bonchev–Trinajstić information content (AvgIpc) is 2.27. The summed E-state index contributed by atoms with van der Waals surface area (Å²) in [7, 11) is 1.31. The first-order valence-electron chi connectivity index (χ1n) is 4.51. The Hall–Kier alpha value is -0.560. The lowest BCUT2D eigenvalue weighted by Gasteiger charge is -2.07. The molecule has 0 aromatic carbocycles. The molecule has 0 amide bonds. The molecule has 1 N–H and O–H groups in total. The third-order valence-electron chi connectivity index (χ3n) is 1.45. The Bertz CT molecular complexity index is 281. The number of rotatable bonds is 6. The van der Waals surface area contributed by atoms with Gasteiger partial charge in [-0.3, -0.25) is 4.79 Å². The van der Waals surface area contributed by atoms with Crippen molar-refractivity contribution in [2.45, 2.75) is 11.8 Å². The Morgan fingerprint density at radius 2 is 2.12 bits per heavy atom. The van der Waals surface area contributed by atoms with Gasteiger partial charge in [-0.2, -0.15) is 0 Å². The first-order chi connectivity index (χ1) is 7.52. The fourth-order valence-electron chi connectivity index (χ4n) is 0.722. The third kappa shape index (κ3) is 6.12. The molecular formula is C9H13Br2NO4. The quantitative estimate of drug-likeness (QED) is 0.440. The predicted molar refractivity (Wildman–Crippen MR) is 66.4 cm³/mol. The van der Waals surface area contributed by atoms with Crippen LogP contribution in [0.25, 0.3) is 0 Å². The highest BCUT2D eigenvalue weighted by atomic mass is 79.9. The van der Waals surface area contributed by atoms with Crippen LogP contribution in [0.15, 0.2) is 10.7 Å². The molecule has 1 unspecified atom stereocenters. The average molecular weight is 359 g/mol. The molecule has 16 heavy (non-hydrogen) atoms. The Kier molecular flexibility index (Phi) is 8.28. The lowest BCUT2D eigenvalue weighted by atomic mass is 10.4. The zero-order valence-corrected chi connectivity index (χ0v) is 12.1. The van der Waals surface area contributed by atoms with Crippen LogP contribution >= 0.6 is 31.9 Å². The summed E-state index contributed by atoms with van der Waals surface area (Å²) in [6.07, 6.45) is 1.43. The summed E-state index contributed by atoms with van der Waals surface area (Å²) in [5, 5.41) is 2.78. The highest BCUT2D eigenvalue weighted by molar-refractivity contribution is 9.12. The van der Waals surface area contributed by atoms with E-state index in [4.69, 9.17) is 4.74 Å². The second kappa shape index (κ2) is 8.58. The number of nitrogens with one attached hydrogen (secondary N) is 1. The SMILES string of the molecule is CCOC(=O)/C(Br)=C/NCC(Br)C(=O)OC. The van der Waals surface area contributed by atoms with Crippen molar-refractivity contribution in [3.63, 3.8) is 0 Å². The van der Waals surface area contributed by atoms with Crippen molar-refractivity contribution in [3.8, 4) is 0 Å². The van der Waals surface area contributed by atoms with Crippen LogP contribution in [0.5, 0.6) is 0 Å². The molecule has 0 aliphatic carbocycles. The number of hydrogen-bond acceptors (Lipinski definition) is 5. The number of halogens is 2. The van der Waals surface area contributed by atoms with Gasteiger partial charge < -0.3 is 14.8 Å². The molecule has 1 atom stereocenters. The fraction of sp³-hybridized carbons (Fsp3) is 0.556. The summed E-state index contributed by atoms with van der Waals surface area (Å²) in [5.41, 5.74) is 0. The van der Waals surface area contributed by atoms with E-state index in [2.05, 4.69) is 41.9 Å². The van der Waals surface area contributed by atoms with Gasteiger partial charge in [0.15, 0.2) is 0 Å². The van der Waals surface area contributed by atoms with E-state index < -0.39 is 10.8 Å². The Morgan fingerprint density at radius 1 is 1.50 bits per heavy atom. The van der Waals surface area contributed by atoms with Crippen molar-refractivity contribution >= 4 is 43.8 Å². The van der Waals surface area contributed by atoms with Crippen LogP contribution in [-0.2, 0) is 19.1 Å². The molecule has 0 heterocycles. The predicted octanol–water partition coefficient (Wildman–Crippen LogP) is 1.31. The molecule has 0 bridgehead atoms. The highest BCUT2D eigenvalue weighted by Crippen LogP contribution is 2.06. The van der Waals surface area contributed by atoms with Gasteiger partial charge in [-0.1, -0.05) is 15.9 Å². The minimum absolute atomic E-state index is 0.263. The Balaban J connectivity index is 3.99. The molecule has 0 aliphatic rings. The molecular weight excluding hydrogens is 346 g/mol. The first kappa shape index (κ1) is 15.4. The zero-order chi connectivity index (χ0) is 12.6. The molecule has 0 saturated carbocycles. The Labute approximate surface area is 111 Å². The van der Waals surface area contributed by atoms with Crippen LogP contribution in [0, 0.1) is 0 Å². The molecule has 0 rings (SSSR count). The molecule has 0 aromatic heterocycles. The maximum atomic E-state index is 11.1. The third-order valence-corrected chi connectivity index (χ3v) is 2.70. The van der Waals surface area contributed by atoms with Crippen molar-refractivity contribution in [1.82, 2.24) is 5.32 Å². The maximum absolute atomic E-state index is 11.1. The minimum atomic E-state index is -0.462. The summed E-state index contributed by atoms with van der Waals surface area (Å²) >= 11 is 6.16. The fourth-order valence-corrected chi connectivity index (χ4v) is 1.37. The van der Waals surface area contributed by atoms with Crippen LogP contribution in [-0.4, -0.2) is 37.0 Å². The number of carbonyl (C=O) groups is 2. The molecule has 0 saturated heterocycles. The van der Waals surface area contributed by atoms with E-state index in [1.807, 2.05) is 0 Å². The molecule has 0 radical (unpaired) electrons. The van der Waals surface area contributed by atoms with E-state index in [0.717, 1.165) is 0 Å². The monoisotopic (exact) mass is 357 g/mol. The number of esters is 2. The van der Waals surface area contributed by atoms with Gasteiger partial charge in [-0.15, -0.1) is 0 Å². The van der Waals surface area contributed by atoms with E-state index in [-0.39, 0.29) is 10.5 Å². The second-order valence-corrected chi connectivity index (χ2v) is 4.57. The lowest BCUT2D eigenvalue weighted by Crippen LogP contribution is -2.27. The van der Waals surface area contributed by atoms with Gasteiger partial charge in [-0.05, 0) is 22.9 Å². The lowest BCUT2D eigenvalue weighted by molar-refractivity contribution is -0.139. The first-order valence-corrected chi connectivity index (χ1v) is 6.21. The van der Waals surface area contributed by atoms with Crippen molar-refractivity contribution in [3.05, 3.63) is 10.7 Å². The number of carbonyl (C=O) groups excluding carboxylic acids is 2. The molecule has 0 spiro atoms. The van der Waals surface area contributed by atoms with Crippen molar-refractivity contribution in [2.75, 3.05) is 20.3 Å². The summed E-state index contributed by atoms with van der Waals surface area (Å²) in [5.74, 6) is -0.840. The standard InChI is InChI=1S/C9H13Br2NO4/c1-3-16-9(14)7(11)5-12-4-6(10)8(13)15-2/h5-6,12H,3-4H2,1-2H3/b7-5-. The number of ether oxygens (including phenoxy) is 2. The number of alkyl halides is 1. The summed E-state index contributed by atoms with van der Waals surface area (Å²) < 4.78 is 9.50. The van der Waals surface area contributed by atoms with E-state index in [0.29, 0.717) is 13.2 Å². The van der Waals surface area contributed by atoms with Crippen LogP contribution in [0.4, 0.5) is 0 Å². The van der Waals surface area contributed by atoms with Crippen LogP contribution in [0.2, 0.25) is 0 Å². The van der Waals surface area contributed by atoms with Crippen LogP contribution in [0.1, 0.15) is 6.92 Å². The topological polar surface area (TPSA) is 64.6 Å². The van der Waals surface area contributed by atoms with E-state index >= 15 is 0 Å². The summed E-state index contributed by atoms with van der Waals surface area (Å²) in [6.45, 7) is 2.34. The smallest absolute Gasteiger partial charge is 0.346 e. The van der Waals surface area contributed by atoms with Crippen molar-refractivity contribution < 1.29 is 19.1 Å². The Morgan fingerprint density at radius 3 is 2.62 bits per heavy atom. The zero-order valence-electron chi connectivity index (χ0n) is 8.96. The van der Waals surface area contributed by atoms with Gasteiger partial charge in [0.1, 0.15) is 9.31 Å². The molecule has 92 valence electrons. The van der Waals surface area contributed by atoms with Gasteiger partial charge >= 0.3 is 11.9 Å². The van der Waals surface area contributed by atoms with E-state index in [9.17, 15) is 9.59 Å². The molecule has 0 aromatic rings. The largest absolute Gasteiger partial charge is 0.468 e. The summed E-state index contributed by atoms with van der Waals surface area (Å²) in [4.78, 5) is 21.7. The second-order valence-electron chi connectivity index (χ2n) is 2.61. The molecule has 0 fully saturated rings. The van der Waals surface area contributed by atoms with Gasteiger partial charge in [-0.25, -0.2) is 4.79 Å². The van der Waals surface area contributed by atoms with Gasteiger partial charge in [0.2, 0.25) is 0 Å². The molecule has 0 aliphatic heterocycles. The summed E-state index contributed by atoms with van der Waals surface area (Å²) in [6, 6.07) is 0. The van der Waals surface area contributed by atoms with Gasteiger partial charge in [0, 0.05) is 12.7 Å². The van der Waals surface area contributed by atoms with Crippen molar-refractivity contribution in [1.29, 1.82) is 0 Å². The van der Waals surface area contributed by atoms with E-state index in [1.54, 1.807) is 6.92 Å². The van der Waals surface area contributed by atoms with Gasteiger partial charge in [0.25, 0.3) is 0 Å².